The Morgan fingerprint density at radius 1 is 1.23 bits per heavy atom. The molecule has 0 amide bonds. The average molecular weight is 304 g/mol. The van der Waals surface area contributed by atoms with Crippen molar-refractivity contribution >= 4 is 0 Å². The lowest BCUT2D eigenvalue weighted by atomic mass is 9.56. The lowest BCUT2D eigenvalue weighted by Gasteiger charge is -2.52. The largest absolute Gasteiger partial charge is 0.374 e. The molecule has 1 aliphatic heterocycles. The normalized spacial score (nSPS) is 35.1. The summed E-state index contributed by atoms with van der Waals surface area (Å²) >= 11 is 0. The zero-order chi connectivity index (χ0) is 15.8. The van der Waals surface area contributed by atoms with Crippen LogP contribution in [0.3, 0.4) is 0 Å². The monoisotopic (exact) mass is 304 g/mol. The Bertz CT molecular complexity index is 499. The first-order valence-electron chi connectivity index (χ1n) is 8.38. The summed E-state index contributed by atoms with van der Waals surface area (Å²) in [7, 11) is 0. The minimum atomic E-state index is -0.443. The number of ether oxygens (including phenoxy) is 3. The van der Waals surface area contributed by atoms with Crippen LogP contribution in [0.1, 0.15) is 46.1 Å². The van der Waals surface area contributed by atoms with Crippen molar-refractivity contribution in [3.63, 3.8) is 0 Å². The van der Waals surface area contributed by atoms with Gasteiger partial charge in [0.1, 0.15) is 0 Å². The van der Waals surface area contributed by atoms with Crippen LogP contribution in [0.5, 0.6) is 0 Å². The van der Waals surface area contributed by atoms with E-state index in [1.165, 1.54) is 18.4 Å². The second kappa shape index (κ2) is 5.95. The molecule has 1 aromatic rings. The van der Waals surface area contributed by atoms with Gasteiger partial charge in [0.2, 0.25) is 0 Å². The van der Waals surface area contributed by atoms with E-state index >= 15 is 0 Å². The Labute approximate surface area is 134 Å². The summed E-state index contributed by atoms with van der Waals surface area (Å²) in [6, 6.07) is 10.4. The average Bonchev–Trinajstić information content (AvgIpc) is 2.85. The van der Waals surface area contributed by atoms with E-state index in [1.54, 1.807) is 0 Å². The van der Waals surface area contributed by atoms with Crippen LogP contribution in [0.4, 0.5) is 0 Å². The van der Waals surface area contributed by atoms with Gasteiger partial charge in [-0.05, 0) is 45.1 Å². The van der Waals surface area contributed by atoms with E-state index < -0.39 is 5.79 Å². The van der Waals surface area contributed by atoms with E-state index in [0.717, 1.165) is 0 Å². The highest BCUT2D eigenvalue weighted by Gasteiger charge is 2.54. The van der Waals surface area contributed by atoms with Crippen LogP contribution in [0.15, 0.2) is 30.3 Å². The third kappa shape index (κ3) is 3.08. The Morgan fingerprint density at radius 2 is 1.95 bits per heavy atom. The van der Waals surface area contributed by atoms with Crippen LogP contribution < -0.4 is 0 Å². The van der Waals surface area contributed by atoms with Gasteiger partial charge < -0.3 is 14.2 Å². The first-order chi connectivity index (χ1) is 10.4. The number of benzene rings is 1. The summed E-state index contributed by atoms with van der Waals surface area (Å²) in [6.07, 6.45) is 2.84. The Hall–Kier alpha value is -0.900. The van der Waals surface area contributed by atoms with E-state index in [2.05, 4.69) is 38.1 Å². The summed E-state index contributed by atoms with van der Waals surface area (Å²) in [6.45, 7) is 9.91. The van der Waals surface area contributed by atoms with Gasteiger partial charge in [0.15, 0.2) is 5.79 Å². The highest BCUT2D eigenvalue weighted by Crippen LogP contribution is 2.54. The van der Waals surface area contributed by atoms with Gasteiger partial charge >= 0.3 is 0 Å². The van der Waals surface area contributed by atoms with Crippen molar-refractivity contribution in [2.24, 2.45) is 11.3 Å². The number of hydrogen-bond acceptors (Lipinski definition) is 3. The predicted molar refractivity (Wildman–Crippen MR) is 86.4 cm³/mol. The second-order valence-electron chi connectivity index (χ2n) is 7.47. The summed E-state index contributed by atoms with van der Waals surface area (Å²) in [4.78, 5) is 0. The van der Waals surface area contributed by atoms with Crippen molar-refractivity contribution in [2.45, 2.75) is 65.1 Å². The lowest BCUT2D eigenvalue weighted by molar-refractivity contribution is -0.187. The summed E-state index contributed by atoms with van der Waals surface area (Å²) in [5.74, 6) is 0.0980. The topological polar surface area (TPSA) is 27.7 Å². The zero-order valence-electron chi connectivity index (χ0n) is 14.2. The minimum Gasteiger partial charge on any atom is -0.374 e. The van der Waals surface area contributed by atoms with Gasteiger partial charge in [-0.3, -0.25) is 0 Å². The predicted octanol–water partition coefficient (Wildman–Crippen LogP) is 4.16. The molecule has 1 heterocycles. The maximum absolute atomic E-state index is 6.14. The molecule has 0 radical (unpaired) electrons. The van der Waals surface area contributed by atoms with Gasteiger partial charge in [0.05, 0.1) is 25.4 Å². The lowest BCUT2D eigenvalue weighted by Crippen LogP contribution is -2.53. The molecule has 1 saturated heterocycles. The molecular formula is C19H28O3. The molecule has 3 rings (SSSR count). The first kappa shape index (κ1) is 16.0. The van der Waals surface area contributed by atoms with Crippen LogP contribution in [0.25, 0.3) is 0 Å². The van der Waals surface area contributed by atoms with Crippen LogP contribution in [-0.4, -0.2) is 24.6 Å². The van der Waals surface area contributed by atoms with Crippen LogP contribution in [-0.2, 0) is 20.8 Å². The van der Waals surface area contributed by atoms with Crippen LogP contribution >= 0.6 is 0 Å². The van der Waals surface area contributed by atoms with Crippen molar-refractivity contribution in [1.82, 2.24) is 0 Å². The maximum Gasteiger partial charge on any atom is 0.163 e. The molecule has 3 nitrogen and oxygen atoms in total. The third-order valence-electron chi connectivity index (χ3n) is 5.51. The van der Waals surface area contributed by atoms with Gasteiger partial charge in [-0.1, -0.05) is 37.3 Å². The van der Waals surface area contributed by atoms with Gasteiger partial charge in [-0.15, -0.1) is 0 Å². The highest BCUT2D eigenvalue weighted by atomic mass is 16.7. The third-order valence-corrected chi connectivity index (χ3v) is 5.51. The molecule has 0 aromatic heterocycles. The van der Waals surface area contributed by atoms with Gasteiger partial charge in [0, 0.05) is 5.41 Å². The van der Waals surface area contributed by atoms with Gasteiger partial charge in [-0.2, -0.15) is 0 Å². The summed E-state index contributed by atoms with van der Waals surface area (Å²) in [5, 5.41) is 0. The van der Waals surface area contributed by atoms with Crippen molar-refractivity contribution in [1.29, 1.82) is 0 Å². The maximum atomic E-state index is 6.14. The number of hydrogen-bond donors (Lipinski definition) is 0. The summed E-state index contributed by atoms with van der Waals surface area (Å²) in [5.41, 5.74) is 1.40. The summed E-state index contributed by atoms with van der Waals surface area (Å²) < 4.78 is 18.0. The zero-order valence-corrected chi connectivity index (χ0v) is 14.2. The fourth-order valence-corrected chi connectivity index (χ4v) is 3.87. The smallest absolute Gasteiger partial charge is 0.163 e. The van der Waals surface area contributed by atoms with Crippen molar-refractivity contribution in [3.05, 3.63) is 35.9 Å². The fraction of sp³-hybridized carbons (Fsp3) is 0.684. The van der Waals surface area contributed by atoms with E-state index in [9.17, 15) is 0 Å². The van der Waals surface area contributed by atoms with Crippen molar-refractivity contribution < 1.29 is 14.2 Å². The first-order valence-corrected chi connectivity index (χ1v) is 8.38. The Balaban J connectivity index is 1.58. The minimum absolute atomic E-state index is 0.171. The van der Waals surface area contributed by atoms with Gasteiger partial charge in [0.25, 0.3) is 0 Å². The molecule has 1 aliphatic carbocycles. The quantitative estimate of drug-likeness (QED) is 0.817. The van der Waals surface area contributed by atoms with E-state index in [1.807, 2.05) is 19.9 Å². The molecular weight excluding hydrogens is 276 g/mol. The molecule has 0 unspecified atom stereocenters. The van der Waals surface area contributed by atoms with E-state index in [4.69, 9.17) is 14.2 Å². The molecule has 22 heavy (non-hydrogen) atoms. The molecule has 1 saturated carbocycles. The molecule has 3 heteroatoms. The van der Waals surface area contributed by atoms with Crippen molar-refractivity contribution in [3.8, 4) is 0 Å². The van der Waals surface area contributed by atoms with Gasteiger partial charge in [-0.25, -0.2) is 0 Å². The van der Waals surface area contributed by atoms with E-state index in [0.29, 0.717) is 19.1 Å². The Morgan fingerprint density at radius 3 is 2.50 bits per heavy atom. The molecule has 122 valence electrons. The highest BCUT2D eigenvalue weighted by molar-refractivity contribution is 5.13. The standard InChI is InChI=1S/C19H28O3/c1-14(20-12-15-8-6-5-7-9-15)16-10-11-19(16,4)17-13-21-18(2,3)22-17/h5-9,14,16-17H,10-13H2,1-4H3/t14-,16+,17+,19-/m0/s1. The molecule has 1 aromatic carbocycles. The molecule has 2 fully saturated rings. The fourth-order valence-electron chi connectivity index (χ4n) is 3.87. The molecule has 4 atom stereocenters. The second-order valence-corrected chi connectivity index (χ2v) is 7.47. The van der Waals surface area contributed by atoms with Crippen LogP contribution in [0, 0.1) is 11.3 Å². The van der Waals surface area contributed by atoms with Crippen LogP contribution in [0.2, 0.25) is 0 Å². The van der Waals surface area contributed by atoms with E-state index in [-0.39, 0.29) is 17.6 Å². The van der Waals surface area contributed by atoms with Crippen molar-refractivity contribution in [2.75, 3.05) is 6.61 Å². The molecule has 0 spiro atoms. The molecule has 0 N–H and O–H groups in total. The SMILES string of the molecule is C[C@H](OCc1ccccc1)[C@H]1CC[C@]1(C)[C@H]1COC(C)(C)O1. The Kier molecular flexibility index (Phi) is 4.32. The molecule has 0 bridgehead atoms. The number of rotatable bonds is 5. The molecule has 2 aliphatic rings.